The molecule has 0 spiro atoms. The molecule has 0 aliphatic carbocycles. The molecule has 0 saturated carbocycles. The Kier molecular flexibility index (Phi) is 13.2. The average molecular weight is 381 g/mol. The van der Waals surface area contributed by atoms with Gasteiger partial charge in [-0.1, -0.05) is 111 Å². The first kappa shape index (κ1) is 23.5. The van der Waals surface area contributed by atoms with Crippen molar-refractivity contribution >= 4 is 11.3 Å². The van der Waals surface area contributed by atoms with Crippen molar-refractivity contribution in [2.45, 2.75) is 123 Å². The van der Waals surface area contributed by atoms with Crippen LogP contribution >= 0.6 is 11.3 Å². The summed E-state index contributed by atoms with van der Waals surface area (Å²) in [6.45, 7) is 9.95. The molecule has 2 heteroatoms. The van der Waals surface area contributed by atoms with Crippen LogP contribution in [-0.4, -0.2) is 6.61 Å². The van der Waals surface area contributed by atoms with Gasteiger partial charge in [-0.15, -0.1) is 11.3 Å². The van der Waals surface area contributed by atoms with Gasteiger partial charge in [0.1, 0.15) is 0 Å². The van der Waals surface area contributed by atoms with E-state index in [9.17, 15) is 0 Å². The van der Waals surface area contributed by atoms with Crippen LogP contribution < -0.4 is 4.74 Å². The molecule has 1 aromatic rings. The van der Waals surface area contributed by atoms with E-state index in [1.54, 1.807) is 11.3 Å². The summed E-state index contributed by atoms with van der Waals surface area (Å²) in [4.78, 5) is 1.41. The van der Waals surface area contributed by atoms with Crippen molar-refractivity contribution < 1.29 is 4.74 Å². The van der Waals surface area contributed by atoms with E-state index in [0.717, 1.165) is 11.7 Å². The number of hydrogen-bond acceptors (Lipinski definition) is 2. The van der Waals surface area contributed by atoms with Crippen molar-refractivity contribution in [2.24, 2.45) is 0 Å². The van der Waals surface area contributed by atoms with Crippen molar-refractivity contribution in [1.82, 2.24) is 0 Å². The van der Waals surface area contributed by atoms with Crippen LogP contribution in [0.3, 0.4) is 0 Å². The molecule has 0 fully saturated rings. The highest BCUT2D eigenvalue weighted by Crippen LogP contribution is 2.33. The van der Waals surface area contributed by atoms with Crippen LogP contribution in [0.5, 0.6) is 5.06 Å². The van der Waals surface area contributed by atoms with Gasteiger partial charge >= 0.3 is 0 Å². The topological polar surface area (TPSA) is 9.23 Å². The molecule has 1 heterocycles. The quantitative estimate of drug-likeness (QED) is 0.260. The number of hydrogen-bond donors (Lipinski definition) is 0. The van der Waals surface area contributed by atoms with Crippen molar-refractivity contribution in [3.05, 3.63) is 17.0 Å². The maximum atomic E-state index is 5.91. The zero-order valence-electron chi connectivity index (χ0n) is 18.1. The lowest BCUT2D eigenvalue weighted by molar-refractivity contribution is 0.312. The second kappa shape index (κ2) is 14.5. The first-order valence-corrected chi connectivity index (χ1v) is 12.1. The molecule has 0 bridgehead atoms. The van der Waals surface area contributed by atoms with E-state index in [1.165, 1.54) is 94.8 Å². The molecular formula is C24H44OS. The summed E-state index contributed by atoms with van der Waals surface area (Å²) in [6.07, 6.45) is 19.7. The zero-order chi connectivity index (χ0) is 19.1. The largest absolute Gasteiger partial charge is 0.484 e. The van der Waals surface area contributed by atoms with Gasteiger partial charge in [0.05, 0.1) is 6.61 Å². The van der Waals surface area contributed by atoms with Gasteiger partial charge in [0.2, 0.25) is 0 Å². The molecule has 0 aliphatic heterocycles. The molecule has 0 aromatic carbocycles. The molecule has 1 aromatic heterocycles. The van der Waals surface area contributed by atoms with Gasteiger partial charge in [-0.05, 0) is 24.0 Å². The monoisotopic (exact) mass is 380 g/mol. The Hall–Kier alpha value is -0.500. The molecule has 0 aliphatic rings. The van der Waals surface area contributed by atoms with Crippen LogP contribution in [0.2, 0.25) is 0 Å². The summed E-state index contributed by atoms with van der Waals surface area (Å²) < 4.78 is 5.91. The summed E-state index contributed by atoms with van der Waals surface area (Å²) >= 11 is 1.80. The van der Waals surface area contributed by atoms with E-state index in [-0.39, 0.29) is 5.41 Å². The Labute approximate surface area is 167 Å². The highest BCUT2D eigenvalue weighted by Gasteiger charge is 2.16. The third kappa shape index (κ3) is 12.0. The number of unbranched alkanes of at least 4 members (excludes halogenated alkanes) is 13. The fraction of sp³-hybridized carbons (Fsp3) is 0.833. The summed E-state index contributed by atoms with van der Waals surface area (Å²) in [5, 5.41) is 1.09. The summed E-state index contributed by atoms with van der Waals surface area (Å²) in [6, 6.07) is 4.35. The van der Waals surface area contributed by atoms with Crippen molar-refractivity contribution in [3.63, 3.8) is 0 Å². The van der Waals surface area contributed by atoms with Crippen LogP contribution in [0.1, 0.15) is 122 Å². The first-order chi connectivity index (χ1) is 12.5. The van der Waals surface area contributed by atoms with Crippen LogP contribution in [-0.2, 0) is 5.41 Å². The van der Waals surface area contributed by atoms with E-state index in [0.29, 0.717) is 0 Å². The van der Waals surface area contributed by atoms with Gasteiger partial charge in [0, 0.05) is 4.88 Å². The van der Waals surface area contributed by atoms with E-state index in [4.69, 9.17) is 4.74 Å². The third-order valence-corrected chi connectivity index (χ3v) is 6.49. The first-order valence-electron chi connectivity index (χ1n) is 11.3. The summed E-state index contributed by atoms with van der Waals surface area (Å²) in [5.41, 5.74) is 0.237. The van der Waals surface area contributed by atoms with Crippen LogP contribution in [0.4, 0.5) is 0 Å². The Balaban J connectivity index is 1.83. The second-order valence-corrected chi connectivity index (χ2v) is 9.86. The van der Waals surface area contributed by atoms with Gasteiger partial charge in [-0.25, -0.2) is 0 Å². The minimum Gasteiger partial charge on any atom is -0.484 e. The van der Waals surface area contributed by atoms with Crippen LogP contribution in [0.25, 0.3) is 0 Å². The second-order valence-electron chi connectivity index (χ2n) is 8.81. The highest BCUT2D eigenvalue weighted by atomic mass is 32.1. The van der Waals surface area contributed by atoms with Gasteiger partial charge in [0.15, 0.2) is 5.06 Å². The maximum Gasteiger partial charge on any atom is 0.173 e. The minimum absolute atomic E-state index is 0.237. The molecule has 1 rings (SSSR count). The molecule has 152 valence electrons. The van der Waals surface area contributed by atoms with E-state index < -0.39 is 0 Å². The summed E-state index contributed by atoms with van der Waals surface area (Å²) in [7, 11) is 0. The van der Waals surface area contributed by atoms with Crippen molar-refractivity contribution in [1.29, 1.82) is 0 Å². The Morgan fingerprint density at radius 3 is 1.58 bits per heavy atom. The molecule has 0 saturated heterocycles. The van der Waals surface area contributed by atoms with Gasteiger partial charge in [-0.3, -0.25) is 0 Å². The molecule has 26 heavy (non-hydrogen) atoms. The number of rotatable bonds is 16. The van der Waals surface area contributed by atoms with Crippen LogP contribution in [0, 0.1) is 0 Å². The smallest absolute Gasteiger partial charge is 0.173 e. The predicted octanol–water partition coefficient (Wildman–Crippen LogP) is 8.91. The third-order valence-electron chi connectivity index (χ3n) is 5.06. The van der Waals surface area contributed by atoms with Crippen molar-refractivity contribution in [2.75, 3.05) is 6.61 Å². The van der Waals surface area contributed by atoms with E-state index >= 15 is 0 Å². The van der Waals surface area contributed by atoms with Gasteiger partial charge in [0.25, 0.3) is 0 Å². The Morgan fingerprint density at radius 1 is 0.692 bits per heavy atom. The minimum atomic E-state index is 0.237. The predicted molar refractivity (Wildman–Crippen MR) is 119 cm³/mol. The van der Waals surface area contributed by atoms with Crippen molar-refractivity contribution in [3.8, 4) is 5.06 Å². The number of thiophene rings is 1. The van der Waals surface area contributed by atoms with Gasteiger partial charge in [-0.2, -0.15) is 0 Å². The highest BCUT2D eigenvalue weighted by molar-refractivity contribution is 7.14. The average Bonchev–Trinajstić information content (AvgIpc) is 3.07. The molecule has 1 nitrogen and oxygen atoms in total. The molecule has 0 N–H and O–H groups in total. The lowest BCUT2D eigenvalue weighted by Crippen LogP contribution is -2.07. The fourth-order valence-electron chi connectivity index (χ4n) is 3.27. The maximum absolute atomic E-state index is 5.91. The molecule has 0 atom stereocenters. The zero-order valence-corrected chi connectivity index (χ0v) is 18.9. The molecular weight excluding hydrogens is 336 g/mol. The van der Waals surface area contributed by atoms with E-state index in [2.05, 4.69) is 39.8 Å². The standard InChI is InChI=1S/C24H44OS/c1-5-6-7-8-9-10-11-12-13-14-15-16-17-18-21-25-23-20-19-22(26-23)24(2,3)4/h19-20H,5-18,21H2,1-4H3. The van der Waals surface area contributed by atoms with E-state index in [1.807, 2.05) is 0 Å². The number of ether oxygens (including phenoxy) is 1. The normalized spacial score (nSPS) is 11.8. The lowest BCUT2D eigenvalue weighted by Gasteiger charge is -2.15. The summed E-state index contributed by atoms with van der Waals surface area (Å²) in [5.74, 6) is 0. The fourth-order valence-corrected chi connectivity index (χ4v) is 4.21. The van der Waals surface area contributed by atoms with Gasteiger partial charge < -0.3 is 4.74 Å². The molecule has 0 amide bonds. The molecule has 0 radical (unpaired) electrons. The van der Waals surface area contributed by atoms with Crippen LogP contribution in [0.15, 0.2) is 12.1 Å². The Morgan fingerprint density at radius 2 is 1.15 bits per heavy atom. The Bertz CT molecular complexity index is 430. The molecule has 0 unspecified atom stereocenters. The SMILES string of the molecule is CCCCCCCCCCCCCCCCOc1ccc(C(C)(C)C)s1. The lowest BCUT2D eigenvalue weighted by atomic mass is 9.95.